The Morgan fingerprint density at radius 3 is 2.53 bits per heavy atom. The number of hydrogen-bond acceptors (Lipinski definition) is 4. The molecule has 0 bridgehead atoms. The standard InChI is InChI=1S/C23H21FN4OS/c1-26-19-8-4-2-6-16(19)14-21(26)22-25-18(15-30-22)23(29)28-12-10-27(11-13-28)20-9-5-3-7-17(20)24/h2-9,14-15H,10-13H2,1H3. The molecule has 0 spiro atoms. The average Bonchev–Trinajstić information content (AvgIpc) is 3.39. The number of aromatic nitrogens is 2. The van der Waals surface area contributed by atoms with Gasteiger partial charge in [0.1, 0.15) is 16.5 Å². The summed E-state index contributed by atoms with van der Waals surface area (Å²) in [5, 5.41) is 3.82. The van der Waals surface area contributed by atoms with Crippen LogP contribution in [0.1, 0.15) is 10.5 Å². The monoisotopic (exact) mass is 420 g/mol. The molecule has 5 rings (SSSR count). The van der Waals surface area contributed by atoms with Crippen LogP contribution in [-0.4, -0.2) is 46.5 Å². The van der Waals surface area contributed by atoms with Crippen LogP contribution in [0, 0.1) is 5.82 Å². The highest BCUT2D eigenvalue weighted by Crippen LogP contribution is 2.30. The van der Waals surface area contributed by atoms with Crippen molar-refractivity contribution >= 4 is 33.8 Å². The van der Waals surface area contributed by atoms with E-state index in [1.54, 1.807) is 17.0 Å². The van der Waals surface area contributed by atoms with Gasteiger partial charge in [-0.25, -0.2) is 9.37 Å². The fourth-order valence-corrected chi connectivity index (χ4v) is 4.85. The van der Waals surface area contributed by atoms with Gasteiger partial charge in [-0.15, -0.1) is 11.3 Å². The van der Waals surface area contributed by atoms with Crippen LogP contribution < -0.4 is 4.90 Å². The van der Waals surface area contributed by atoms with Gasteiger partial charge in [-0.05, 0) is 24.3 Å². The second-order valence-electron chi connectivity index (χ2n) is 7.42. The summed E-state index contributed by atoms with van der Waals surface area (Å²) in [6.07, 6.45) is 0. The molecule has 1 aliphatic heterocycles. The van der Waals surface area contributed by atoms with Crippen molar-refractivity contribution in [1.29, 1.82) is 0 Å². The number of rotatable bonds is 3. The third kappa shape index (κ3) is 3.25. The Kier molecular flexibility index (Phi) is 4.75. The minimum Gasteiger partial charge on any atom is -0.366 e. The van der Waals surface area contributed by atoms with Crippen molar-refractivity contribution in [3.8, 4) is 10.7 Å². The SMILES string of the molecule is Cn1c(-c2nc(C(=O)N3CCN(c4ccccc4F)CC3)cs2)cc2ccccc21. The maximum absolute atomic E-state index is 14.0. The molecule has 0 unspecified atom stereocenters. The molecule has 0 atom stereocenters. The summed E-state index contributed by atoms with van der Waals surface area (Å²) in [4.78, 5) is 21.4. The fourth-order valence-electron chi connectivity index (χ4n) is 4.00. The zero-order valence-electron chi connectivity index (χ0n) is 16.6. The van der Waals surface area contributed by atoms with Crippen molar-refractivity contribution in [3.63, 3.8) is 0 Å². The number of carbonyl (C=O) groups excluding carboxylic acids is 1. The summed E-state index contributed by atoms with van der Waals surface area (Å²) >= 11 is 1.48. The summed E-state index contributed by atoms with van der Waals surface area (Å²) in [7, 11) is 2.02. The van der Waals surface area contributed by atoms with Crippen molar-refractivity contribution in [2.24, 2.45) is 7.05 Å². The smallest absolute Gasteiger partial charge is 0.273 e. The summed E-state index contributed by atoms with van der Waals surface area (Å²) in [6.45, 7) is 2.31. The molecule has 152 valence electrons. The lowest BCUT2D eigenvalue weighted by Crippen LogP contribution is -2.49. The molecule has 5 nitrogen and oxygen atoms in total. The van der Waals surface area contributed by atoms with Crippen LogP contribution in [0.2, 0.25) is 0 Å². The van der Waals surface area contributed by atoms with Crippen LogP contribution in [0.4, 0.5) is 10.1 Å². The largest absolute Gasteiger partial charge is 0.366 e. The maximum Gasteiger partial charge on any atom is 0.273 e. The van der Waals surface area contributed by atoms with Crippen LogP contribution in [0.15, 0.2) is 60.0 Å². The minimum absolute atomic E-state index is 0.0653. The van der Waals surface area contributed by atoms with Gasteiger partial charge in [-0.3, -0.25) is 4.79 Å². The Balaban J connectivity index is 1.31. The van der Waals surface area contributed by atoms with Gasteiger partial charge in [0.15, 0.2) is 0 Å². The number of aryl methyl sites for hydroxylation is 1. The number of para-hydroxylation sites is 2. The fraction of sp³-hybridized carbons (Fsp3) is 0.217. The van der Waals surface area contributed by atoms with Crippen molar-refractivity contribution in [3.05, 3.63) is 71.5 Å². The molecule has 0 radical (unpaired) electrons. The lowest BCUT2D eigenvalue weighted by Gasteiger charge is -2.35. The third-order valence-corrected chi connectivity index (χ3v) is 6.52. The number of nitrogens with zero attached hydrogens (tertiary/aromatic N) is 4. The second-order valence-corrected chi connectivity index (χ2v) is 8.27. The number of halogens is 1. The minimum atomic E-state index is -0.226. The summed E-state index contributed by atoms with van der Waals surface area (Å²) in [6, 6.07) is 17.1. The number of anilines is 1. The van der Waals surface area contributed by atoms with E-state index in [0.29, 0.717) is 37.6 Å². The van der Waals surface area contributed by atoms with Crippen LogP contribution in [0.25, 0.3) is 21.6 Å². The molecule has 0 saturated carbocycles. The molecule has 0 N–H and O–H groups in total. The molecular weight excluding hydrogens is 399 g/mol. The van der Waals surface area contributed by atoms with Gasteiger partial charge in [-0.2, -0.15) is 0 Å². The predicted octanol–water partition coefficient (Wildman–Crippen LogP) is 4.40. The molecular formula is C23H21FN4OS. The lowest BCUT2D eigenvalue weighted by atomic mass is 10.2. The van der Waals surface area contributed by atoms with Crippen molar-refractivity contribution in [2.45, 2.75) is 0 Å². The zero-order chi connectivity index (χ0) is 20.7. The van der Waals surface area contributed by atoms with Crippen LogP contribution in [0.3, 0.4) is 0 Å². The Morgan fingerprint density at radius 2 is 1.77 bits per heavy atom. The molecule has 0 aliphatic carbocycles. The molecule has 2 aromatic heterocycles. The quantitative estimate of drug-likeness (QED) is 0.493. The maximum atomic E-state index is 14.0. The van der Waals surface area contributed by atoms with E-state index in [2.05, 4.69) is 27.8 Å². The van der Waals surface area contributed by atoms with Gasteiger partial charge in [0.05, 0.1) is 11.4 Å². The Hall–Kier alpha value is -3.19. The number of benzene rings is 2. The van der Waals surface area contributed by atoms with Crippen molar-refractivity contribution < 1.29 is 9.18 Å². The molecule has 1 aliphatic rings. The highest BCUT2D eigenvalue weighted by Gasteiger charge is 2.25. The Labute approximate surface area is 178 Å². The van der Waals surface area contributed by atoms with Gasteiger partial charge >= 0.3 is 0 Å². The van der Waals surface area contributed by atoms with Crippen molar-refractivity contribution in [2.75, 3.05) is 31.1 Å². The van der Waals surface area contributed by atoms with E-state index in [4.69, 9.17) is 0 Å². The van der Waals surface area contributed by atoms with Crippen LogP contribution in [-0.2, 0) is 7.05 Å². The Bertz CT molecular complexity index is 1220. The lowest BCUT2D eigenvalue weighted by molar-refractivity contribution is 0.0741. The number of thiazole rings is 1. The van der Waals surface area contributed by atoms with E-state index in [0.717, 1.165) is 21.6 Å². The molecule has 1 amide bonds. The topological polar surface area (TPSA) is 41.4 Å². The highest BCUT2D eigenvalue weighted by molar-refractivity contribution is 7.13. The van der Waals surface area contributed by atoms with Gasteiger partial charge in [0.25, 0.3) is 5.91 Å². The first-order valence-corrected chi connectivity index (χ1v) is 10.8. The van der Waals surface area contributed by atoms with E-state index in [1.807, 2.05) is 35.5 Å². The number of fused-ring (bicyclic) bond motifs is 1. The first-order valence-electron chi connectivity index (χ1n) is 9.91. The molecule has 3 heterocycles. The zero-order valence-corrected chi connectivity index (χ0v) is 17.4. The molecule has 4 aromatic rings. The number of hydrogen-bond donors (Lipinski definition) is 0. The third-order valence-electron chi connectivity index (χ3n) is 5.65. The summed E-state index contributed by atoms with van der Waals surface area (Å²) in [5.41, 5.74) is 3.21. The van der Waals surface area contributed by atoms with E-state index >= 15 is 0 Å². The number of amides is 1. The number of carbonyl (C=O) groups is 1. The van der Waals surface area contributed by atoms with E-state index in [9.17, 15) is 9.18 Å². The average molecular weight is 421 g/mol. The number of piperazine rings is 1. The van der Waals surface area contributed by atoms with Crippen LogP contribution >= 0.6 is 11.3 Å². The first-order chi connectivity index (χ1) is 14.6. The van der Waals surface area contributed by atoms with Gasteiger partial charge in [-0.1, -0.05) is 30.3 Å². The summed E-state index contributed by atoms with van der Waals surface area (Å²) in [5.74, 6) is -0.291. The van der Waals surface area contributed by atoms with Gasteiger partial charge in [0.2, 0.25) is 0 Å². The van der Waals surface area contributed by atoms with Crippen molar-refractivity contribution in [1.82, 2.24) is 14.5 Å². The molecule has 30 heavy (non-hydrogen) atoms. The Morgan fingerprint density at radius 1 is 1.03 bits per heavy atom. The van der Waals surface area contributed by atoms with E-state index in [1.165, 1.54) is 17.4 Å². The van der Waals surface area contributed by atoms with E-state index < -0.39 is 0 Å². The first kappa shape index (κ1) is 18.8. The van der Waals surface area contributed by atoms with Crippen LogP contribution in [0.5, 0.6) is 0 Å². The molecule has 7 heteroatoms. The van der Waals surface area contributed by atoms with E-state index in [-0.39, 0.29) is 11.7 Å². The van der Waals surface area contributed by atoms with Gasteiger partial charge in [0, 0.05) is 49.5 Å². The molecule has 1 fully saturated rings. The molecule has 1 saturated heterocycles. The second kappa shape index (κ2) is 7.57. The molecule has 2 aromatic carbocycles. The summed E-state index contributed by atoms with van der Waals surface area (Å²) < 4.78 is 16.1. The predicted molar refractivity (Wildman–Crippen MR) is 119 cm³/mol. The normalized spacial score (nSPS) is 14.5. The highest BCUT2D eigenvalue weighted by atomic mass is 32.1. The van der Waals surface area contributed by atoms with Gasteiger partial charge < -0.3 is 14.4 Å².